The predicted octanol–water partition coefficient (Wildman–Crippen LogP) is 1.74. The molecule has 21 heavy (non-hydrogen) atoms. The first-order chi connectivity index (χ1) is 10.1. The van der Waals surface area contributed by atoms with Crippen LogP contribution in [0.3, 0.4) is 0 Å². The number of methoxy groups -OCH3 is 1. The van der Waals surface area contributed by atoms with Crippen LogP contribution in [0.2, 0.25) is 0 Å². The maximum absolute atomic E-state index is 13.5. The Morgan fingerprint density at radius 2 is 2.33 bits per heavy atom. The fourth-order valence-electron chi connectivity index (χ4n) is 2.21. The highest BCUT2D eigenvalue weighted by atomic mass is 19.1. The Morgan fingerprint density at radius 1 is 1.52 bits per heavy atom. The fraction of sp³-hybridized carbons (Fsp3) is 0.500. The van der Waals surface area contributed by atoms with Gasteiger partial charge in [-0.2, -0.15) is 0 Å². The minimum Gasteiger partial charge on any atom is -0.379 e. The number of benzene rings is 1. The van der Waals surface area contributed by atoms with Crippen LogP contribution in [0.25, 0.3) is 0 Å². The van der Waals surface area contributed by atoms with Crippen molar-refractivity contribution in [2.24, 2.45) is 16.6 Å². The molecule has 1 heterocycles. The Hall–Kier alpha value is -1.73. The summed E-state index contributed by atoms with van der Waals surface area (Å²) in [6, 6.07) is 3.10. The van der Waals surface area contributed by atoms with Crippen molar-refractivity contribution in [3.8, 4) is 0 Å². The number of aliphatic imine (C=N–C) groups is 1. The molecular weight excluding hydrogens is 280 g/mol. The lowest BCUT2D eigenvalue weighted by Crippen LogP contribution is -2.36. The Kier molecular flexibility index (Phi) is 5.46. The first-order valence-electron chi connectivity index (χ1n) is 6.72. The summed E-state index contributed by atoms with van der Waals surface area (Å²) in [5.41, 5.74) is 5.67. The zero-order chi connectivity index (χ0) is 15.2. The largest absolute Gasteiger partial charge is 0.379 e. The molecule has 0 saturated carbocycles. The number of rotatable bonds is 4. The topological polar surface area (TPSA) is 68.9 Å². The average molecular weight is 299 g/mol. The van der Waals surface area contributed by atoms with E-state index in [9.17, 15) is 8.78 Å². The predicted molar refractivity (Wildman–Crippen MR) is 76.2 cm³/mol. The van der Waals surface area contributed by atoms with Crippen LogP contribution in [0.4, 0.5) is 14.5 Å². The first-order valence-corrected chi connectivity index (χ1v) is 6.72. The minimum absolute atomic E-state index is 0.0267. The molecule has 116 valence electrons. The highest BCUT2D eigenvalue weighted by Gasteiger charge is 2.25. The Balaban J connectivity index is 1.96. The van der Waals surface area contributed by atoms with Crippen LogP contribution in [0, 0.1) is 17.6 Å². The molecule has 0 spiro atoms. The Bertz CT molecular complexity index is 511. The highest BCUT2D eigenvalue weighted by Crippen LogP contribution is 2.19. The molecule has 2 atom stereocenters. The van der Waals surface area contributed by atoms with Gasteiger partial charge in [0.25, 0.3) is 0 Å². The third-order valence-electron chi connectivity index (χ3n) is 3.43. The van der Waals surface area contributed by atoms with Crippen LogP contribution in [0.1, 0.15) is 6.42 Å². The molecule has 1 aliphatic rings. The number of hydrogen-bond acceptors (Lipinski definition) is 3. The van der Waals surface area contributed by atoms with E-state index in [2.05, 4.69) is 10.3 Å². The lowest BCUT2D eigenvalue weighted by atomic mass is 9.97. The van der Waals surface area contributed by atoms with Crippen molar-refractivity contribution < 1.29 is 18.3 Å². The third kappa shape index (κ3) is 4.37. The number of hydrogen-bond donors (Lipinski definition) is 2. The second-order valence-corrected chi connectivity index (χ2v) is 4.87. The summed E-state index contributed by atoms with van der Waals surface area (Å²) in [5.74, 6) is -0.895. The van der Waals surface area contributed by atoms with Gasteiger partial charge in [0.1, 0.15) is 11.6 Å². The van der Waals surface area contributed by atoms with Gasteiger partial charge in [-0.3, -0.25) is 4.99 Å². The van der Waals surface area contributed by atoms with Crippen LogP contribution in [0.5, 0.6) is 0 Å². The van der Waals surface area contributed by atoms with Crippen molar-refractivity contribution >= 4 is 11.6 Å². The first kappa shape index (κ1) is 15.7. The smallest absolute Gasteiger partial charge is 0.193 e. The van der Waals surface area contributed by atoms with E-state index in [1.807, 2.05) is 0 Å². The van der Waals surface area contributed by atoms with Gasteiger partial charge in [0.15, 0.2) is 5.96 Å². The molecule has 0 aromatic heterocycles. The SMILES string of the molecule is COC1COCCC1CN=C(N)Nc1cc(F)ccc1F. The number of halogens is 2. The quantitative estimate of drug-likeness (QED) is 0.656. The van der Waals surface area contributed by atoms with Gasteiger partial charge < -0.3 is 20.5 Å². The van der Waals surface area contributed by atoms with Crippen molar-refractivity contribution in [1.82, 2.24) is 0 Å². The molecule has 1 aliphatic heterocycles. The highest BCUT2D eigenvalue weighted by molar-refractivity contribution is 5.92. The molecule has 1 saturated heterocycles. The molecule has 3 N–H and O–H groups in total. The molecule has 2 unspecified atom stereocenters. The molecule has 0 bridgehead atoms. The standard InChI is InChI=1S/C14H19F2N3O2/c1-20-13-8-21-5-4-9(13)7-18-14(17)19-12-6-10(15)2-3-11(12)16/h2-3,6,9,13H,4-5,7-8H2,1H3,(H3,17,18,19). The monoisotopic (exact) mass is 299 g/mol. The number of nitrogens with zero attached hydrogens (tertiary/aromatic N) is 1. The molecule has 0 aliphatic carbocycles. The van der Waals surface area contributed by atoms with Gasteiger partial charge in [-0.05, 0) is 18.6 Å². The summed E-state index contributed by atoms with van der Waals surface area (Å²) in [4.78, 5) is 4.17. The van der Waals surface area contributed by atoms with E-state index < -0.39 is 11.6 Å². The molecule has 1 fully saturated rings. The molecule has 1 aromatic carbocycles. The summed E-state index contributed by atoms with van der Waals surface area (Å²) in [6.07, 6.45) is 0.796. The van der Waals surface area contributed by atoms with E-state index in [0.717, 1.165) is 24.6 Å². The average Bonchev–Trinajstić information content (AvgIpc) is 2.49. The van der Waals surface area contributed by atoms with Crippen molar-refractivity contribution in [1.29, 1.82) is 0 Å². The van der Waals surface area contributed by atoms with E-state index in [4.69, 9.17) is 15.2 Å². The summed E-state index contributed by atoms with van der Waals surface area (Å²) >= 11 is 0. The molecule has 0 radical (unpaired) electrons. The van der Waals surface area contributed by atoms with Gasteiger partial charge in [0.05, 0.1) is 18.4 Å². The number of guanidine groups is 1. The van der Waals surface area contributed by atoms with Crippen LogP contribution in [0.15, 0.2) is 23.2 Å². The van der Waals surface area contributed by atoms with E-state index in [1.165, 1.54) is 0 Å². The van der Waals surface area contributed by atoms with Crippen molar-refractivity contribution in [2.75, 3.05) is 32.2 Å². The molecule has 7 heteroatoms. The van der Waals surface area contributed by atoms with Crippen molar-refractivity contribution in [3.63, 3.8) is 0 Å². The second-order valence-electron chi connectivity index (χ2n) is 4.87. The lowest BCUT2D eigenvalue weighted by molar-refractivity contribution is -0.0624. The summed E-state index contributed by atoms with van der Waals surface area (Å²) in [5, 5.41) is 2.56. The van der Waals surface area contributed by atoms with Crippen molar-refractivity contribution in [3.05, 3.63) is 29.8 Å². The third-order valence-corrected chi connectivity index (χ3v) is 3.43. The summed E-state index contributed by atoms with van der Waals surface area (Å²) < 4.78 is 37.2. The van der Waals surface area contributed by atoms with Crippen LogP contribution in [-0.2, 0) is 9.47 Å². The molecule has 5 nitrogen and oxygen atoms in total. The number of anilines is 1. The minimum atomic E-state index is -0.588. The van der Waals surface area contributed by atoms with Crippen LogP contribution in [-0.4, -0.2) is 38.9 Å². The zero-order valence-electron chi connectivity index (χ0n) is 11.8. The zero-order valence-corrected chi connectivity index (χ0v) is 11.8. The van der Waals surface area contributed by atoms with Crippen LogP contribution >= 0.6 is 0 Å². The van der Waals surface area contributed by atoms with E-state index in [0.29, 0.717) is 19.8 Å². The normalized spacial score (nSPS) is 23.1. The van der Waals surface area contributed by atoms with E-state index >= 15 is 0 Å². The number of nitrogens with two attached hydrogens (primary N) is 1. The maximum atomic E-state index is 13.5. The van der Waals surface area contributed by atoms with Gasteiger partial charge in [-0.1, -0.05) is 0 Å². The van der Waals surface area contributed by atoms with Gasteiger partial charge in [-0.15, -0.1) is 0 Å². The molecule has 0 amide bonds. The van der Waals surface area contributed by atoms with E-state index in [-0.39, 0.29) is 23.7 Å². The summed E-state index contributed by atoms with van der Waals surface area (Å²) in [7, 11) is 1.62. The second kappa shape index (κ2) is 7.33. The Labute approximate surface area is 122 Å². The maximum Gasteiger partial charge on any atom is 0.193 e. The fourth-order valence-corrected chi connectivity index (χ4v) is 2.21. The van der Waals surface area contributed by atoms with Gasteiger partial charge >= 0.3 is 0 Å². The van der Waals surface area contributed by atoms with Gasteiger partial charge in [0, 0.05) is 32.2 Å². The molecule has 2 rings (SSSR count). The number of nitrogens with one attached hydrogen (secondary N) is 1. The Morgan fingerprint density at radius 3 is 3.10 bits per heavy atom. The summed E-state index contributed by atoms with van der Waals surface area (Å²) in [6.45, 7) is 1.63. The van der Waals surface area contributed by atoms with Crippen molar-refractivity contribution in [2.45, 2.75) is 12.5 Å². The lowest BCUT2D eigenvalue weighted by Gasteiger charge is -2.29. The van der Waals surface area contributed by atoms with Gasteiger partial charge in [-0.25, -0.2) is 8.78 Å². The van der Waals surface area contributed by atoms with E-state index in [1.54, 1.807) is 7.11 Å². The number of ether oxygens (including phenoxy) is 2. The van der Waals surface area contributed by atoms with Crippen LogP contribution < -0.4 is 11.1 Å². The molecular formula is C14H19F2N3O2. The van der Waals surface area contributed by atoms with Gasteiger partial charge in [0.2, 0.25) is 0 Å². The molecule has 1 aromatic rings.